The second-order valence-corrected chi connectivity index (χ2v) is 5.78. The van der Waals surface area contributed by atoms with E-state index in [1.807, 2.05) is 25.1 Å². The normalized spacial score (nSPS) is 11.7. The molecule has 0 spiro atoms. The summed E-state index contributed by atoms with van der Waals surface area (Å²) in [6, 6.07) is 9.24. The average molecular weight is 386 g/mol. The van der Waals surface area contributed by atoms with E-state index in [0.29, 0.717) is 11.5 Å². The van der Waals surface area contributed by atoms with Crippen molar-refractivity contribution in [2.24, 2.45) is 0 Å². The van der Waals surface area contributed by atoms with Gasteiger partial charge in [-0.3, -0.25) is 4.98 Å². The van der Waals surface area contributed by atoms with Crippen LogP contribution in [0.3, 0.4) is 0 Å². The van der Waals surface area contributed by atoms with Gasteiger partial charge in [0.1, 0.15) is 29.7 Å². The van der Waals surface area contributed by atoms with Gasteiger partial charge in [0.25, 0.3) is 0 Å². The van der Waals surface area contributed by atoms with Crippen LogP contribution in [-0.4, -0.2) is 15.0 Å². The number of rotatable bonds is 4. The van der Waals surface area contributed by atoms with Gasteiger partial charge in [-0.1, -0.05) is 6.07 Å². The molecule has 0 amide bonds. The summed E-state index contributed by atoms with van der Waals surface area (Å²) in [6.45, 7) is 1.81. The maximum atomic E-state index is 9.52. The molecule has 0 saturated heterocycles. The van der Waals surface area contributed by atoms with E-state index < -0.39 is 6.10 Å². The van der Waals surface area contributed by atoms with Crippen molar-refractivity contribution in [1.29, 1.82) is 5.26 Å². The topological polar surface area (TPSA) is 111 Å². The van der Waals surface area contributed by atoms with Crippen LogP contribution in [0, 0.1) is 11.3 Å². The van der Waals surface area contributed by atoms with Crippen LogP contribution in [0.5, 0.6) is 5.88 Å². The van der Waals surface area contributed by atoms with E-state index in [0.717, 1.165) is 4.47 Å². The number of nitrogens with zero attached hydrogens (tertiary/aromatic N) is 4. The zero-order valence-corrected chi connectivity index (χ0v) is 14.2. The second-order valence-electron chi connectivity index (χ2n) is 4.87. The molecule has 3 aromatic heterocycles. The maximum Gasteiger partial charge on any atom is 0.238 e. The molecule has 0 aromatic carbocycles. The van der Waals surface area contributed by atoms with Crippen molar-refractivity contribution in [3.8, 4) is 23.4 Å². The Morgan fingerprint density at radius 3 is 2.83 bits per heavy atom. The van der Waals surface area contributed by atoms with Gasteiger partial charge in [-0.05, 0) is 35.0 Å². The summed E-state index contributed by atoms with van der Waals surface area (Å²) >= 11 is 3.29. The monoisotopic (exact) mass is 385 g/mol. The van der Waals surface area contributed by atoms with Crippen LogP contribution < -0.4 is 10.5 Å². The molecule has 3 heterocycles. The van der Waals surface area contributed by atoms with Crippen LogP contribution in [0.2, 0.25) is 0 Å². The number of nitrogen functional groups attached to an aromatic ring is 1. The van der Waals surface area contributed by atoms with E-state index in [-0.39, 0.29) is 23.1 Å². The van der Waals surface area contributed by atoms with Crippen molar-refractivity contribution in [3.05, 3.63) is 52.5 Å². The van der Waals surface area contributed by atoms with E-state index >= 15 is 0 Å². The number of ether oxygens (including phenoxy) is 1. The first-order valence-corrected chi connectivity index (χ1v) is 7.77. The lowest BCUT2D eigenvalue weighted by atomic mass is 10.2. The molecule has 2 N–H and O–H groups in total. The standard InChI is InChI=1S/C16H12BrN5O2/c1-9(12-4-2-3-5-20-12)24-15-11(7-18)14(21-16(19)22-15)13-6-10(17)8-23-13/h2-6,8-9H,1H3,(H2,19,21,22). The average Bonchev–Trinajstić information content (AvgIpc) is 3.01. The van der Waals surface area contributed by atoms with Crippen molar-refractivity contribution in [2.75, 3.05) is 5.73 Å². The first kappa shape index (κ1) is 16.0. The molecule has 1 atom stereocenters. The molecule has 0 aliphatic heterocycles. The van der Waals surface area contributed by atoms with Crippen LogP contribution in [0.25, 0.3) is 11.5 Å². The van der Waals surface area contributed by atoms with Gasteiger partial charge in [0.15, 0.2) is 5.76 Å². The molecule has 0 aliphatic carbocycles. The number of aromatic nitrogens is 3. The summed E-state index contributed by atoms with van der Waals surface area (Å²) in [7, 11) is 0. The van der Waals surface area contributed by atoms with E-state index in [1.165, 1.54) is 6.26 Å². The quantitative estimate of drug-likeness (QED) is 0.731. The Balaban J connectivity index is 2.02. The van der Waals surface area contributed by atoms with Gasteiger partial charge in [-0.25, -0.2) is 4.98 Å². The van der Waals surface area contributed by atoms with Gasteiger partial charge in [-0.2, -0.15) is 10.2 Å². The zero-order valence-electron chi connectivity index (χ0n) is 12.6. The summed E-state index contributed by atoms with van der Waals surface area (Å²) in [5, 5.41) is 9.52. The number of nitrogens with two attached hydrogens (primary N) is 1. The van der Waals surface area contributed by atoms with Gasteiger partial charge < -0.3 is 14.9 Å². The van der Waals surface area contributed by atoms with E-state index in [1.54, 1.807) is 12.3 Å². The number of anilines is 1. The highest BCUT2D eigenvalue weighted by atomic mass is 79.9. The highest BCUT2D eigenvalue weighted by Gasteiger charge is 2.21. The molecule has 0 aliphatic rings. The Morgan fingerprint density at radius 1 is 1.38 bits per heavy atom. The molecule has 3 rings (SSSR count). The van der Waals surface area contributed by atoms with Gasteiger partial charge in [0.05, 0.1) is 10.2 Å². The lowest BCUT2D eigenvalue weighted by molar-refractivity contribution is 0.212. The molecule has 0 saturated carbocycles. The number of hydrogen-bond acceptors (Lipinski definition) is 7. The first-order chi connectivity index (χ1) is 11.6. The van der Waals surface area contributed by atoms with Crippen molar-refractivity contribution in [1.82, 2.24) is 15.0 Å². The molecule has 0 fully saturated rings. The Hall–Kier alpha value is -2.92. The summed E-state index contributed by atoms with van der Waals surface area (Å²) in [6.07, 6.45) is 2.75. The second kappa shape index (κ2) is 6.68. The minimum atomic E-state index is -0.413. The van der Waals surface area contributed by atoms with Crippen LogP contribution >= 0.6 is 15.9 Å². The molecule has 0 bridgehead atoms. The van der Waals surface area contributed by atoms with E-state index in [4.69, 9.17) is 14.9 Å². The van der Waals surface area contributed by atoms with Crippen molar-refractivity contribution in [3.63, 3.8) is 0 Å². The predicted octanol–water partition coefficient (Wildman–Crippen LogP) is 3.49. The van der Waals surface area contributed by atoms with Crippen LogP contribution in [-0.2, 0) is 0 Å². The fourth-order valence-corrected chi connectivity index (χ4v) is 2.40. The minimum Gasteiger partial charge on any atom is -0.467 e. The number of nitriles is 1. The van der Waals surface area contributed by atoms with Gasteiger partial charge in [-0.15, -0.1) is 0 Å². The highest BCUT2D eigenvalue weighted by Crippen LogP contribution is 2.32. The molecular weight excluding hydrogens is 374 g/mol. The summed E-state index contributed by atoms with van der Waals surface area (Å²) in [5.41, 5.74) is 6.89. The van der Waals surface area contributed by atoms with Crippen molar-refractivity contribution >= 4 is 21.9 Å². The largest absolute Gasteiger partial charge is 0.467 e. The van der Waals surface area contributed by atoms with Crippen LogP contribution in [0.1, 0.15) is 24.3 Å². The molecule has 8 heteroatoms. The Kier molecular flexibility index (Phi) is 4.44. The number of pyridine rings is 1. The van der Waals surface area contributed by atoms with Crippen molar-refractivity contribution < 1.29 is 9.15 Å². The van der Waals surface area contributed by atoms with Gasteiger partial charge in [0, 0.05) is 12.3 Å². The number of furan rings is 1. The minimum absolute atomic E-state index is 0.0141. The summed E-state index contributed by atoms with van der Waals surface area (Å²) in [5.74, 6) is 0.466. The SMILES string of the molecule is CC(Oc1nc(N)nc(-c2cc(Br)co2)c1C#N)c1ccccn1. The fourth-order valence-electron chi connectivity index (χ4n) is 2.10. The Morgan fingerprint density at radius 2 is 2.21 bits per heavy atom. The fraction of sp³-hybridized carbons (Fsp3) is 0.125. The highest BCUT2D eigenvalue weighted by molar-refractivity contribution is 9.10. The molecule has 120 valence electrons. The molecule has 24 heavy (non-hydrogen) atoms. The number of halogens is 1. The predicted molar refractivity (Wildman–Crippen MR) is 89.8 cm³/mol. The third-order valence-corrected chi connectivity index (χ3v) is 3.61. The summed E-state index contributed by atoms with van der Waals surface area (Å²) in [4.78, 5) is 12.4. The Bertz CT molecular complexity index is 905. The lowest BCUT2D eigenvalue weighted by Crippen LogP contribution is -2.10. The zero-order chi connectivity index (χ0) is 17.1. The van der Waals surface area contributed by atoms with Gasteiger partial charge >= 0.3 is 0 Å². The molecular formula is C16H12BrN5O2. The van der Waals surface area contributed by atoms with E-state index in [9.17, 15) is 5.26 Å². The lowest BCUT2D eigenvalue weighted by Gasteiger charge is -2.15. The Labute approximate surface area is 146 Å². The first-order valence-electron chi connectivity index (χ1n) is 6.98. The molecule has 3 aromatic rings. The smallest absolute Gasteiger partial charge is 0.238 e. The molecule has 7 nitrogen and oxygen atoms in total. The maximum absolute atomic E-state index is 9.52. The third-order valence-electron chi connectivity index (χ3n) is 3.20. The third kappa shape index (κ3) is 3.21. The molecule has 0 radical (unpaired) electrons. The van der Waals surface area contributed by atoms with Crippen LogP contribution in [0.15, 0.2) is 45.6 Å². The number of hydrogen-bond donors (Lipinski definition) is 1. The van der Waals surface area contributed by atoms with Gasteiger partial charge in [0.2, 0.25) is 11.8 Å². The van der Waals surface area contributed by atoms with E-state index in [2.05, 4.69) is 37.0 Å². The van der Waals surface area contributed by atoms with Crippen LogP contribution in [0.4, 0.5) is 5.95 Å². The molecule has 1 unspecified atom stereocenters. The summed E-state index contributed by atoms with van der Waals surface area (Å²) < 4.78 is 11.9. The van der Waals surface area contributed by atoms with Crippen molar-refractivity contribution in [2.45, 2.75) is 13.0 Å².